The molecule has 0 atom stereocenters. The molecule has 0 saturated heterocycles. The summed E-state index contributed by atoms with van der Waals surface area (Å²) in [6.07, 6.45) is 1.34. The van der Waals surface area contributed by atoms with Crippen molar-refractivity contribution in [2.75, 3.05) is 0 Å². The van der Waals surface area contributed by atoms with Crippen LogP contribution in [0.25, 0.3) is 0 Å². The summed E-state index contributed by atoms with van der Waals surface area (Å²) in [5.74, 6) is -1.91. The second kappa shape index (κ2) is 5.43. The summed E-state index contributed by atoms with van der Waals surface area (Å²) in [6.45, 7) is -0.0856. The molecule has 1 amide bonds. The molecule has 1 heterocycles. The molecule has 0 spiro atoms. The normalized spacial score (nSPS) is 10.2. The average molecular weight is 264 g/mol. The second-order valence-electron chi connectivity index (χ2n) is 3.86. The number of aromatic amines is 1. The van der Waals surface area contributed by atoms with Gasteiger partial charge in [0.25, 0.3) is 5.91 Å². The Kier molecular flexibility index (Phi) is 3.70. The Morgan fingerprint density at radius 2 is 2.00 bits per heavy atom. The molecule has 0 aliphatic heterocycles. The van der Waals surface area contributed by atoms with E-state index in [4.69, 9.17) is 0 Å². The van der Waals surface area contributed by atoms with E-state index in [0.717, 1.165) is 18.2 Å². The molecule has 98 valence electrons. The van der Waals surface area contributed by atoms with E-state index in [-0.39, 0.29) is 17.7 Å². The Balaban J connectivity index is 2.06. The number of carbonyl (C=O) groups excluding carboxylic acids is 1. The average Bonchev–Trinajstić information content (AvgIpc) is 2.37. The summed E-state index contributed by atoms with van der Waals surface area (Å²) in [5, 5.41) is 2.45. The minimum atomic E-state index is -0.730. The zero-order valence-corrected chi connectivity index (χ0v) is 9.74. The molecule has 0 aliphatic carbocycles. The van der Waals surface area contributed by atoms with Crippen LogP contribution in [0, 0.1) is 11.6 Å². The van der Waals surface area contributed by atoms with Gasteiger partial charge in [-0.25, -0.2) is 8.78 Å². The van der Waals surface area contributed by atoms with E-state index in [1.165, 1.54) is 18.3 Å². The predicted octanol–water partition coefficient (Wildman–Crippen LogP) is 1.58. The number of amides is 1. The fourth-order valence-electron chi connectivity index (χ4n) is 1.53. The van der Waals surface area contributed by atoms with Crippen molar-refractivity contribution in [3.05, 3.63) is 69.6 Å². The Morgan fingerprint density at radius 3 is 2.68 bits per heavy atom. The molecule has 6 heteroatoms. The highest BCUT2D eigenvalue weighted by molar-refractivity contribution is 5.93. The minimum Gasteiger partial charge on any atom is -0.348 e. The first kappa shape index (κ1) is 12.9. The molecule has 2 aromatic rings. The third kappa shape index (κ3) is 3.25. The van der Waals surface area contributed by atoms with Crippen LogP contribution in [0.2, 0.25) is 0 Å². The van der Waals surface area contributed by atoms with Crippen LogP contribution in [0.5, 0.6) is 0 Å². The van der Waals surface area contributed by atoms with Crippen molar-refractivity contribution >= 4 is 5.91 Å². The van der Waals surface area contributed by atoms with Crippen LogP contribution in [0.1, 0.15) is 15.9 Å². The molecule has 0 bridgehead atoms. The van der Waals surface area contributed by atoms with Crippen molar-refractivity contribution < 1.29 is 13.6 Å². The summed E-state index contributed by atoms with van der Waals surface area (Å²) in [4.78, 5) is 25.1. The van der Waals surface area contributed by atoms with Gasteiger partial charge in [0.15, 0.2) is 0 Å². The quantitative estimate of drug-likeness (QED) is 0.884. The first-order chi connectivity index (χ1) is 9.06. The smallest absolute Gasteiger partial charge is 0.251 e. The van der Waals surface area contributed by atoms with Crippen LogP contribution in [-0.4, -0.2) is 10.9 Å². The number of rotatable bonds is 3. The van der Waals surface area contributed by atoms with Gasteiger partial charge in [-0.05, 0) is 12.1 Å². The molecule has 2 N–H and O–H groups in total. The van der Waals surface area contributed by atoms with Gasteiger partial charge < -0.3 is 10.3 Å². The highest BCUT2D eigenvalue weighted by Crippen LogP contribution is 2.09. The molecule has 0 saturated carbocycles. The standard InChI is InChI=1S/C13H10F2N2O2/c14-10-2-1-9(11(15)6-10)7-17-13(19)8-3-4-16-12(18)5-8/h1-6H,7H2,(H,16,18)(H,17,19). The van der Waals surface area contributed by atoms with Gasteiger partial charge in [0.2, 0.25) is 5.56 Å². The van der Waals surface area contributed by atoms with Crippen LogP contribution < -0.4 is 10.9 Å². The van der Waals surface area contributed by atoms with Gasteiger partial charge in [0.05, 0.1) is 0 Å². The minimum absolute atomic E-state index is 0.0856. The van der Waals surface area contributed by atoms with Crippen molar-refractivity contribution in [2.45, 2.75) is 6.54 Å². The number of pyridine rings is 1. The Hall–Kier alpha value is -2.50. The molecule has 4 nitrogen and oxygen atoms in total. The highest BCUT2D eigenvalue weighted by Gasteiger charge is 2.08. The fraction of sp³-hybridized carbons (Fsp3) is 0.0769. The van der Waals surface area contributed by atoms with Crippen molar-refractivity contribution in [3.63, 3.8) is 0 Å². The van der Waals surface area contributed by atoms with Gasteiger partial charge in [0.1, 0.15) is 11.6 Å². The number of aromatic nitrogens is 1. The lowest BCUT2D eigenvalue weighted by molar-refractivity contribution is 0.0950. The van der Waals surface area contributed by atoms with Crippen molar-refractivity contribution in [2.24, 2.45) is 0 Å². The van der Waals surface area contributed by atoms with E-state index >= 15 is 0 Å². The lowest BCUT2D eigenvalue weighted by atomic mass is 10.2. The third-order valence-electron chi connectivity index (χ3n) is 2.49. The van der Waals surface area contributed by atoms with Gasteiger partial charge in [-0.1, -0.05) is 6.07 Å². The maximum absolute atomic E-state index is 13.3. The number of benzene rings is 1. The highest BCUT2D eigenvalue weighted by atomic mass is 19.1. The summed E-state index contributed by atoms with van der Waals surface area (Å²) in [7, 11) is 0. The lowest BCUT2D eigenvalue weighted by Crippen LogP contribution is -2.24. The maximum atomic E-state index is 13.3. The van der Waals surface area contributed by atoms with Crippen LogP contribution >= 0.6 is 0 Å². The summed E-state index contributed by atoms with van der Waals surface area (Å²) in [6, 6.07) is 5.67. The molecule has 0 radical (unpaired) electrons. The number of hydrogen-bond acceptors (Lipinski definition) is 2. The number of nitrogens with one attached hydrogen (secondary N) is 2. The van der Waals surface area contributed by atoms with E-state index in [0.29, 0.717) is 0 Å². The van der Waals surface area contributed by atoms with E-state index in [2.05, 4.69) is 10.3 Å². The SMILES string of the molecule is O=C(NCc1ccc(F)cc1F)c1cc[nH]c(=O)c1. The summed E-state index contributed by atoms with van der Waals surface area (Å²) >= 11 is 0. The summed E-state index contributed by atoms with van der Waals surface area (Å²) < 4.78 is 26.0. The fourth-order valence-corrected chi connectivity index (χ4v) is 1.53. The molecule has 0 aliphatic rings. The maximum Gasteiger partial charge on any atom is 0.251 e. The zero-order valence-electron chi connectivity index (χ0n) is 9.74. The van der Waals surface area contributed by atoms with Crippen molar-refractivity contribution in [1.29, 1.82) is 0 Å². The van der Waals surface area contributed by atoms with Crippen LogP contribution in [0.4, 0.5) is 8.78 Å². The lowest BCUT2D eigenvalue weighted by Gasteiger charge is -2.06. The van der Waals surface area contributed by atoms with Crippen LogP contribution in [-0.2, 0) is 6.54 Å². The van der Waals surface area contributed by atoms with Gasteiger partial charge in [-0.3, -0.25) is 9.59 Å². The Bertz CT molecular complexity index is 668. The second-order valence-corrected chi connectivity index (χ2v) is 3.86. The van der Waals surface area contributed by atoms with Gasteiger partial charge in [-0.15, -0.1) is 0 Å². The van der Waals surface area contributed by atoms with E-state index in [1.54, 1.807) is 0 Å². The summed E-state index contributed by atoms with van der Waals surface area (Å²) in [5.41, 5.74) is -0.0635. The molecule has 0 unspecified atom stereocenters. The molecular formula is C13H10F2N2O2. The van der Waals surface area contributed by atoms with Crippen molar-refractivity contribution in [3.8, 4) is 0 Å². The first-order valence-corrected chi connectivity index (χ1v) is 5.47. The number of H-pyrrole nitrogens is 1. The van der Waals surface area contributed by atoms with E-state index in [9.17, 15) is 18.4 Å². The van der Waals surface area contributed by atoms with Crippen molar-refractivity contribution in [1.82, 2.24) is 10.3 Å². The predicted molar refractivity (Wildman–Crippen MR) is 64.6 cm³/mol. The number of hydrogen-bond donors (Lipinski definition) is 2. The molecular weight excluding hydrogens is 254 g/mol. The monoisotopic (exact) mass is 264 g/mol. The number of halogens is 2. The van der Waals surface area contributed by atoms with Crippen LogP contribution in [0.15, 0.2) is 41.3 Å². The number of carbonyl (C=O) groups is 1. The van der Waals surface area contributed by atoms with Gasteiger partial charge >= 0.3 is 0 Å². The van der Waals surface area contributed by atoms with Crippen LogP contribution in [0.3, 0.4) is 0 Å². The van der Waals surface area contributed by atoms with E-state index in [1.807, 2.05) is 0 Å². The Labute approximate surface area is 107 Å². The molecule has 19 heavy (non-hydrogen) atoms. The first-order valence-electron chi connectivity index (χ1n) is 5.47. The zero-order chi connectivity index (χ0) is 13.8. The molecule has 2 rings (SSSR count). The molecule has 0 fully saturated rings. The molecule has 1 aromatic heterocycles. The van der Waals surface area contributed by atoms with E-state index < -0.39 is 23.1 Å². The van der Waals surface area contributed by atoms with Gasteiger partial charge in [0, 0.05) is 36.0 Å². The molecule has 1 aromatic carbocycles. The Morgan fingerprint density at radius 1 is 1.21 bits per heavy atom. The topological polar surface area (TPSA) is 62.0 Å². The van der Waals surface area contributed by atoms with Gasteiger partial charge in [-0.2, -0.15) is 0 Å². The third-order valence-corrected chi connectivity index (χ3v) is 2.49. The largest absolute Gasteiger partial charge is 0.348 e.